The number of likely N-dealkylation sites (tertiary alicyclic amines) is 1. The van der Waals surface area contributed by atoms with Crippen LogP contribution in [0.2, 0.25) is 5.02 Å². The van der Waals surface area contributed by atoms with E-state index < -0.39 is 5.97 Å². The molecule has 0 aliphatic carbocycles. The molecule has 1 amide bonds. The van der Waals surface area contributed by atoms with Crippen LogP contribution in [0.3, 0.4) is 0 Å². The minimum atomic E-state index is -0.786. The standard InChI is InChI=1S/C16H20ClNO4/c1-22-14-9-12(5-6-13(14)17)16(21)18-8-2-3-11(10-18)4-7-15(19)20/h5-6,9,11H,2-4,7-8,10H2,1H3,(H,19,20). The Kier molecular flexibility index (Phi) is 5.66. The Balaban J connectivity index is 2.03. The van der Waals surface area contributed by atoms with Gasteiger partial charge in [0, 0.05) is 25.1 Å². The van der Waals surface area contributed by atoms with Gasteiger partial charge in [-0.2, -0.15) is 0 Å². The number of methoxy groups -OCH3 is 1. The fourth-order valence-corrected chi connectivity index (χ4v) is 2.98. The monoisotopic (exact) mass is 325 g/mol. The summed E-state index contributed by atoms with van der Waals surface area (Å²) >= 11 is 5.98. The summed E-state index contributed by atoms with van der Waals surface area (Å²) in [5, 5.41) is 9.24. The normalized spacial score (nSPS) is 18.1. The summed E-state index contributed by atoms with van der Waals surface area (Å²) in [6, 6.07) is 4.99. The van der Waals surface area contributed by atoms with Crippen molar-refractivity contribution in [3.63, 3.8) is 0 Å². The molecular formula is C16H20ClNO4. The van der Waals surface area contributed by atoms with Gasteiger partial charge in [-0.25, -0.2) is 0 Å². The van der Waals surface area contributed by atoms with Gasteiger partial charge in [0.25, 0.3) is 5.91 Å². The van der Waals surface area contributed by atoms with Crippen LogP contribution in [0.25, 0.3) is 0 Å². The number of carboxylic acid groups (broad SMARTS) is 1. The minimum Gasteiger partial charge on any atom is -0.495 e. The Morgan fingerprint density at radius 2 is 2.23 bits per heavy atom. The average Bonchev–Trinajstić information content (AvgIpc) is 2.53. The number of halogens is 1. The first-order valence-corrected chi connectivity index (χ1v) is 7.73. The number of piperidine rings is 1. The van der Waals surface area contributed by atoms with Crippen molar-refractivity contribution in [2.24, 2.45) is 5.92 Å². The zero-order chi connectivity index (χ0) is 16.1. The molecule has 1 aliphatic heterocycles. The third-order valence-corrected chi connectivity index (χ3v) is 4.28. The maximum Gasteiger partial charge on any atom is 0.303 e. The number of carbonyl (C=O) groups excluding carboxylic acids is 1. The van der Waals surface area contributed by atoms with Gasteiger partial charge in [-0.3, -0.25) is 9.59 Å². The first kappa shape index (κ1) is 16.6. The number of carbonyl (C=O) groups is 2. The number of amides is 1. The van der Waals surface area contributed by atoms with Crippen LogP contribution in [0.15, 0.2) is 18.2 Å². The highest BCUT2D eigenvalue weighted by Crippen LogP contribution is 2.27. The van der Waals surface area contributed by atoms with Gasteiger partial charge in [0.15, 0.2) is 0 Å². The smallest absolute Gasteiger partial charge is 0.303 e. The van der Waals surface area contributed by atoms with Gasteiger partial charge in [-0.1, -0.05) is 11.6 Å². The second-order valence-electron chi connectivity index (χ2n) is 5.54. The molecular weight excluding hydrogens is 306 g/mol. The van der Waals surface area contributed by atoms with E-state index in [0.717, 1.165) is 12.8 Å². The van der Waals surface area contributed by atoms with E-state index in [-0.39, 0.29) is 18.2 Å². The van der Waals surface area contributed by atoms with Crippen LogP contribution in [0.5, 0.6) is 5.75 Å². The van der Waals surface area contributed by atoms with Crippen LogP contribution in [-0.4, -0.2) is 42.1 Å². The number of nitrogens with zero attached hydrogens (tertiary/aromatic N) is 1. The molecule has 0 radical (unpaired) electrons. The van der Waals surface area contributed by atoms with Gasteiger partial charge in [0.2, 0.25) is 0 Å². The first-order chi connectivity index (χ1) is 10.5. The van der Waals surface area contributed by atoms with E-state index in [9.17, 15) is 9.59 Å². The van der Waals surface area contributed by atoms with Gasteiger partial charge < -0.3 is 14.7 Å². The van der Waals surface area contributed by atoms with Crippen LogP contribution < -0.4 is 4.74 Å². The largest absolute Gasteiger partial charge is 0.495 e. The Labute approximate surface area is 134 Å². The predicted octanol–water partition coefficient (Wildman–Crippen LogP) is 3.07. The molecule has 120 valence electrons. The Hall–Kier alpha value is -1.75. The zero-order valence-corrected chi connectivity index (χ0v) is 13.3. The van der Waals surface area contributed by atoms with Gasteiger partial charge in [-0.15, -0.1) is 0 Å². The third-order valence-electron chi connectivity index (χ3n) is 3.97. The van der Waals surface area contributed by atoms with Crippen molar-refractivity contribution < 1.29 is 19.4 Å². The molecule has 1 fully saturated rings. The second-order valence-corrected chi connectivity index (χ2v) is 5.95. The molecule has 0 spiro atoms. The number of hydrogen-bond donors (Lipinski definition) is 1. The quantitative estimate of drug-likeness (QED) is 0.903. The molecule has 22 heavy (non-hydrogen) atoms. The van der Waals surface area contributed by atoms with Crippen LogP contribution in [0.1, 0.15) is 36.0 Å². The highest BCUT2D eigenvalue weighted by Gasteiger charge is 2.25. The van der Waals surface area contributed by atoms with Crippen molar-refractivity contribution >= 4 is 23.5 Å². The molecule has 6 heteroatoms. The molecule has 0 bridgehead atoms. The van der Waals surface area contributed by atoms with E-state index in [4.69, 9.17) is 21.4 Å². The predicted molar refractivity (Wildman–Crippen MR) is 83.5 cm³/mol. The third kappa shape index (κ3) is 4.13. The lowest BCUT2D eigenvalue weighted by Crippen LogP contribution is -2.40. The molecule has 1 saturated heterocycles. The molecule has 1 unspecified atom stereocenters. The van der Waals surface area contributed by atoms with Gasteiger partial charge in [0.1, 0.15) is 5.75 Å². The van der Waals surface area contributed by atoms with Crippen molar-refractivity contribution in [3.05, 3.63) is 28.8 Å². The molecule has 1 atom stereocenters. The summed E-state index contributed by atoms with van der Waals surface area (Å²) in [7, 11) is 1.51. The van der Waals surface area contributed by atoms with Crippen LogP contribution in [0, 0.1) is 5.92 Å². The Morgan fingerprint density at radius 1 is 1.45 bits per heavy atom. The van der Waals surface area contributed by atoms with Gasteiger partial charge >= 0.3 is 5.97 Å². The summed E-state index contributed by atoms with van der Waals surface area (Å²) < 4.78 is 5.14. The van der Waals surface area contributed by atoms with Crippen LogP contribution in [-0.2, 0) is 4.79 Å². The van der Waals surface area contributed by atoms with Crippen LogP contribution >= 0.6 is 11.6 Å². The lowest BCUT2D eigenvalue weighted by atomic mass is 9.93. The molecule has 2 rings (SSSR count). The lowest BCUT2D eigenvalue weighted by Gasteiger charge is -2.32. The summed E-state index contributed by atoms with van der Waals surface area (Å²) in [6.07, 6.45) is 2.65. The van der Waals surface area contributed by atoms with E-state index in [1.165, 1.54) is 7.11 Å². The van der Waals surface area contributed by atoms with E-state index in [1.807, 2.05) is 0 Å². The number of ether oxygens (including phenoxy) is 1. The summed E-state index contributed by atoms with van der Waals surface area (Å²) in [5.41, 5.74) is 0.542. The molecule has 0 aromatic heterocycles. The summed E-state index contributed by atoms with van der Waals surface area (Å²) in [4.78, 5) is 25.0. The highest BCUT2D eigenvalue weighted by atomic mass is 35.5. The molecule has 1 aliphatic rings. The van der Waals surface area contributed by atoms with Crippen LogP contribution in [0.4, 0.5) is 0 Å². The van der Waals surface area contributed by atoms with Gasteiger partial charge in [-0.05, 0) is 43.4 Å². The molecule has 1 heterocycles. The van der Waals surface area contributed by atoms with Crippen molar-refractivity contribution in [3.8, 4) is 5.75 Å². The van der Waals surface area contributed by atoms with Gasteiger partial charge in [0.05, 0.1) is 12.1 Å². The molecule has 0 saturated carbocycles. The molecule has 5 nitrogen and oxygen atoms in total. The lowest BCUT2D eigenvalue weighted by molar-refractivity contribution is -0.137. The Morgan fingerprint density at radius 3 is 2.91 bits per heavy atom. The SMILES string of the molecule is COc1cc(C(=O)N2CCCC(CCC(=O)O)C2)ccc1Cl. The minimum absolute atomic E-state index is 0.0602. The molecule has 1 aromatic carbocycles. The van der Waals surface area contributed by atoms with Crippen molar-refractivity contribution in [2.75, 3.05) is 20.2 Å². The maximum atomic E-state index is 12.6. The van der Waals surface area contributed by atoms with Crippen molar-refractivity contribution in [1.29, 1.82) is 0 Å². The molecule has 1 N–H and O–H groups in total. The zero-order valence-electron chi connectivity index (χ0n) is 12.5. The number of carboxylic acids is 1. The topological polar surface area (TPSA) is 66.8 Å². The number of benzene rings is 1. The number of hydrogen-bond acceptors (Lipinski definition) is 3. The summed E-state index contributed by atoms with van der Waals surface area (Å²) in [5.74, 6) is -0.115. The summed E-state index contributed by atoms with van der Waals surface area (Å²) in [6.45, 7) is 1.31. The fourth-order valence-electron chi connectivity index (χ4n) is 2.79. The van der Waals surface area contributed by atoms with Crippen molar-refractivity contribution in [1.82, 2.24) is 4.90 Å². The fraction of sp³-hybridized carbons (Fsp3) is 0.500. The van der Waals surface area contributed by atoms with E-state index >= 15 is 0 Å². The number of aliphatic carboxylic acids is 1. The van der Waals surface area contributed by atoms with E-state index in [0.29, 0.717) is 35.8 Å². The highest BCUT2D eigenvalue weighted by molar-refractivity contribution is 6.32. The Bertz CT molecular complexity index is 561. The first-order valence-electron chi connectivity index (χ1n) is 7.36. The van der Waals surface area contributed by atoms with E-state index in [2.05, 4.69) is 0 Å². The second kappa shape index (κ2) is 7.49. The maximum absolute atomic E-state index is 12.6. The van der Waals surface area contributed by atoms with E-state index in [1.54, 1.807) is 23.1 Å². The average molecular weight is 326 g/mol. The van der Waals surface area contributed by atoms with Crippen molar-refractivity contribution in [2.45, 2.75) is 25.7 Å². The number of rotatable bonds is 5. The molecule has 1 aromatic rings.